The van der Waals surface area contributed by atoms with Crippen LogP contribution in [0.15, 0.2) is 54.7 Å². The summed E-state index contributed by atoms with van der Waals surface area (Å²) in [4.78, 5) is 71.8. The molecule has 3 N–H and O–H groups in total. The normalized spacial score (nSPS) is 24.8. The molecule has 15 nitrogen and oxygen atoms in total. The average molecular weight is 849 g/mol. The molecule has 1 unspecified atom stereocenters. The minimum absolute atomic E-state index is 0.0802. The molecule has 326 valence electrons. The van der Waals surface area contributed by atoms with Crippen molar-refractivity contribution >= 4 is 51.8 Å². The van der Waals surface area contributed by atoms with Crippen molar-refractivity contribution in [1.82, 2.24) is 29.9 Å². The Balaban J connectivity index is 0.713. The Morgan fingerprint density at radius 2 is 1.68 bits per heavy atom. The maximum Gasteiger partial charge on any atom is 0.274 e. The van der Waals surface area contributed by atoms with Crippen LogP contribution in [0.25, 0.3) is 10.9 Å². The predicted octanol–water partition coefficient (Wildman–Crippen LogP) is 6.15. The smallest absolute Gasteiger partial charge is 0.274 e. The second kappa shape index (κ2) is 16.9. The lowest BCUT2D eigenvalue weighted by atomic mass is 9.85. The van der Waals surface area contributed by atoms with Crippen LogP contribution >= 0.6 is 0 Å². The van der Waals surface area contributed by atoms with Gasteiger partial charge in [0.2, 0.25) is 11.8 Å². The van der Waals surface area contributed by atoms with E-state index in [9.17, 15) is 28.4 Å². The molecule has 5 aliphatic rings. The lowest BCUT2D eigenvalue weighted by Crippen LogP contribution is -2.54. The van der Waals surface area contributed by atoms with E-state index in [0.717, 1.165) is 86.8 Å². The van der Waals surface area contributed by atoms with Gasteiger partial charge in [-0.2, -0.15) is 5.10 Å². The van der Waals surface area contributed by atoms with Gasteiger partial charge in [-0.15, -0.1) is 0 Å². The Labute approximate surface area is 359 Å². The third-order valence-electron chi connectivity index (χ3n) is 13.2. The predicted molar refractivity (Wildman–Crippen MR) is 228 cm³/mol. The molecule has 62 heavy (non-hydrogen) atoms. The Kier molecular flexibility index (Phi) is 11.3. The summed E-state index contributed by atoms with van der Waals surface area (Å²) < 4.78 is 28.7. The Morgan fingerprint density at radius 3 is 2.40 bits per heavy atom. The van der Waals surface area contributed by atoms with Crippen molar-refractivity contribution in [3.63, 3.8) is 0 Å². The number of carbonyl (C=O) groups excluding carboxylic acids is 5. The molecule has 1 atom stereocenters. The van der Waals surface area contributed by atoms with Crippen LogP contribution < -0.4 is 20.7 Å². The first-order chi connectivity index (χ1) is 29.8. The van der Waals surface area contributed by atoms with Gasteiger partial charge in [0.1, 0.15) is 23.2 Å². The highest BCUT2D eigenvalue weighted by molar-refractivity contribution is 6.25. The molecule has 4 aromatic rings. The number of imide groups is 2. The molecule has 5 heterocycles. The van der Waals surface area contributed by atoms with E-state index in [1.165, 1.54) is 13.8 Å². The second-order valence-corrected chi connectivity index (χ2v) is 18.0. The van der Waals surface area contributed by atoms with E-state index in [-0.39, 0.29) is 59.6 Å². The fourth-order valence-corrected chi connectivity index (χ4v) is 9.71. The molecular formula is C46H53FN8O7. The maximum atomic E-state index is 14.5. The minimum atomic E-state index is -1.67. The first-order valence-corrected chi connectivity index (χ1v) is 21.8. The number of nitrogens with zero attached hydrogens (tertiary/aromatic N) is 5. The van der Waals surface area contributed by atoms with Crippen molar-refractivity contribution in [3.8, 4) is 5.75 Å². The molecule has 2 aliphatic carbocycles. The number of halogens is 1. The number of piperidine rings is 2. The van der Waals surface area contributed by atoms with Gasteiger partial charge in [0.05, 0.1) is 53.4 Å². The van der Waals surface area contributed by atoms with E-state index in [0.29, 0.717) is 23.0 Å². The number of alkyl halides is 1. The van der Waals surface area contributed by atoms with Crippen molar-refractivity contribution in [3.05, 3.63) is 77.2 Å². The van der Waals surface area contributed by atoms with Crippen LogP contribution in [0.3, 0.4) is 0 Å². The number of nitrogens with one attached hydrogen (secondary N) is 3. The van der Waals surface area contributed by atoms with Crippen molar-refractivity contribution in [2.75, 3.05) is 37.4 Å². The van der Waals surface area contributed by atoms with Gasteiger partial charge in [0.15, 0.2) is 0 Å². The quantitative estimate of drug-likeness (QED) is 0.139. The van der Waals surface area contributed by atoms with E-state index in [1.54, 1.807) is 43.5 Å². The number of hydrogen-bond donors (Lipinski definition) is 3. The maximum absolute atomic E-state index is 14.5. The summed E-state index contributed by atoms with van der Waals surface area (Å²) >= 11 is 0. The summed E-state index contributed by atoms with van der Waals surface area (Å²) in [5, 5.41) is 14.4. The summed E-state index contributed by atoms with van der Waals surface area (Å²) in [5.41, 5.74) is 1.05. The van der Waals surface area contributed by atoms with Gasteiger partial charge in [-0.3, -0.25) is 38.9 Å². The van der Waals surface area contributed by atoms with Crippen LogP contribution in [0.4, 0.5) is 15.8 Å². The lowest BCUT2D eigenvalue weighted by Gasteiger charge is -2.41. The van der Waals surface area contributed by atoms with Gasteiger partial charge in [-0.05, 0) is 108 Å². The van der Waals surface area contributed by atoms with Gasteiger partial charge in [-0.25, -0.2) is 9.37 Å². The summed E-state index contributed by atoms with van der Waals surface area (Å²) in [6.07, 6.45) is 10.5. The molecule has 2 saturated heterocycles. The van der Waals surface area contributed by atoms with E-state index in [1.807, 2.05) is 18.3 Å². The molecule has 2 saturated carbocycles. The summed E-state index contributed by atoms with van der Waals surface area (Å²) in [6, 6.07) is 13.0. The molecule has 4 fully saturated rings. The standard InChI is InChI=1S/C46H53FN8O7/c1-46(2,47)39-9-5-8-34(49-39)42(57)50-36-20-27-25-54(52-35(27)23-38(36)61-3)29-12-10-26(11-13-29)24-53-18-16-30(17-19-53)62-31-21-28(22-31)48-33-7-4-6-32-41(33)45(60)55(44(32)59)37-14-15-40(56)51-43(37)58/h4-9,20,23,25-26,28-31,37,48H,10-19,21-22,24H2,1-3H3,(H,50,57)(H,51,56,58). The molecular weight excluding hydrogens is 796 g/mol. The third-order valence-corrected chi connectivity index (χ3v) is 13.2. The van der Waals surface area contributed by atoms with Crippen LogP contribution in [-0.2, 0) is 20.0 Å². The summed E-state index contributed by atoms with van der Waals surface area (Å²) in [6.45, 7) is 5.92. The highest BCUT2D eigenvalue weighted by Gasteiger charge is 2.46. The molecule has 0 radical (unpaired) electrons. The molecule has 0 bridgehead atoms. The third kappa shape index (κ3) is 8.41. The number of carbonyl (C=O) groups is 5. The van der Waals surface area contributed by atoms with E-state index in [2.05, 4.69) is 30.5 Å². The van der Waals surface area contributed by atoms with Gasteiger partial charge >= 0.3 is 0 Å². The SMILES string of the molecule is COc1cc2nn(C3CCC(CN4CCC(OC5CC(Nc6cccc7c6C(=O)N(C6CCC(=O)NC6=O)C7=O)C5)CC4)CC3)cc2cc1NC(=O)c1cccc(C(C)(C)F)n1. The molecule has 9 rings (SSSR count). The molecule has 16 heteroatoms. The topological polar surface area (TPSA) is 177 Å². The number of ether oxygens (including phenoxy) is 2. The number of aromatic nitrogens is 3. The number of hydrogen-bond acceptors (Lipinski definition) is 11. The number of benzene rings is 2. The van der Waals surface area contributed by atoms with E-state index in [4.69, 9.17) is 14.6 Å². The van der Waals surface area contributed by atoms with Gasteiger partial charge in [0, 0.05) is 55.4 Å². The highest BCUT2D eigenvalue weighted by atomic mass is 19.1. The number of rotatable bonds is 12. The molecule has 2 aromatic carbocycles. The van der Waals surface area contributed by atoms with Gasteiger partial charge < -0.3 is 25.0 Å². The van der Waals surface area contributed by atoms with E-state index >= 15 is 0 Å². The van der Waals surface area contributed by atoms with Crippen LogP contribution in [0, 0.1) is 5.92 Å². The molecule has 0 spiro atoms. The monoisotopic (exact) mass is 848 g/mol. The summed E-state index contributed by atoms with van der Waals surface area (Å²) in [5.74, 6) is -1.38. The van der Waals surface area contributed by atoms with E-state index < -0.39 is 41.2 Å². The van der Waals surface area contributed by atoms with Crippen molar-refractivity contribution in [2.24, 2.45) is 5.92 Å². The fraction of sp³-hybridized carbons (Fsp3) is 0.500. The number of fused-ring (bicyclic) bond motifs is 2. The summed E-state index contributed by atoms with van der Waals surface area (Å²) in [7, 11) is 1.55. The largest absolute Gasteiger partial charge is 0.494 e. The van der Waals surface area contributed by atoms with Crippen LogP contribution in [0.5, 0.6) is 5.75 Å². The fourth-order valence-electron chi connectivity index (χ4n) is 9.71. The molecule has 2 aromatic heterocycles. The van der Waals surface area contributed by atoms with Gasteiger partial charge in [-0.1, -0.05) is 12.1 Å². The zero-order valence-corrected chi connectivity index (χ0v) is 35.3. The number of amides is 5. The van der Waals surface area contributed by atoms with Crippen molar-refractivity contribution in [2.45, 2.75) is 114 Å². The first kappa shape index (κ1) is 41.6. The zero-order chi connectivity index (χ0) is 43.3. The van der Waals surface area contributed by atoms with Crippen molar-refractivity contribution in [1.29, 1.82) is 0 Å². The van der Waals surface area contributed by atoms with Crippen LogP contribution in [0.2, 0.25) is 0 Å². The number of pyridine rings is 1. The second-order valence-electron chi connectivity index (χ2n) is 18.0. The lowest BCUT2D eigenvalue weighted by molar-refractivity contribution is -0.136. The minimum Gasteiger partial charge on any atom is -0.494 e. The zero-order valence-electron chi connectivity index (χ0n) is 35.3. The molecule has 3 aliphatic heterocycles. The van der Waals surface area contributed by atoms with Crippen LogP contribution in [-0.4, -0.2) is 105 Å². The number of methoxy groups -OCH3 is 1. The van der Waals surface area contributed by atoms with Crippen LogP contribution in [0.1, 0.15) is 121 Å². The number of anilines is 2. The van der Waals surface area contributed by atoms with Crippen molar-refractivity contribution < 1.29 is 37.8 Å². The first-order valence-electron chi connectivity index (χ1n) is 21.8. The highest BCUT2D eigenvalue weighted by Crippen LogP contribution is 2.38. The Hall–Kier alpha value is -5.74. The Morgan fingerprint density at radius 1 is 0.919 bits per heavy atom. The Bertz CT molecular complexity index is 2410. The average Bonchev–Trinajstić information content (AvgIpc) is 3.77. The molecule has 5 amide bonds. The number of likely N-dealkylation sites (tertiary alicyclic amines) is 1. The van der Waals surface area contributed by atoms with Gasteiger partial charge in [0.25, 0.3) is 17.7 Å².